The highest BCUT2D eigenvalue weighted by molar-refractivity contribution is 5.90. The number of pyridine rings is 2. The van der Waals surface area contributed by atoms with Gasteiger partial charge < -0.3 is 29.4 Å². The number of hydrogen-bond acceptors (Lipinski definition) is 9. The van der Waals surface area contributed by atoms with Crippen molar-refractivity contribution in [1.29, 1.82) is 0 Å². The second-order valence-electron chi connectivity index (χ2n) is 9.31. The van der Waals surface area contributed by atoms with Crippen molar-refractivity contribution < 1.29 is 28.8 Å². The predicted octanol–water partition coefficient (Wildman–Crippen LogP) is 2.63. The van der Waals surface area contributed by atoms with E-state index in [2.05, 4.69) is 15.3 Å². The summed E-state index contributed by atoms with van der Waals surface area (Å²) in [5.41, 5.74) is 1.65. The average molecular weight is 493 g/mol. The Labute approximate surface area is 208 Å². The zero-order chi connectivity index (χ0) is 24.7. The number of ether oxygens (including phenoxy) is 4. The lowest BCUT2D eigenvalue weighted by atomic mass is 9.73. The minimum atomic E-state index is -1.10. The van der Waals surface area contributed by atoms with Crippen LogP contribution in [0.25, 0.3) is 11.0 Å². The molecule has 0 bridgehead atoms. The van der Waals surface area contributed by atoms with E-state index in [1.807, 2.05) is 18.2 Å². The number of benzene rings is 1. The Morgan fingerprint density at radius 2 is 1.94 bits per heavy atom. The van der Waals surface area contributed by atoms with E-state index in [4.69, 9.17) is 18.9 Å². The topological polar surface area (TPSA) is 115 Å². The highest BCUT2D eigenvalue weighted by Crippen LogP contribution is 2.44. The van der Waals surface area contributed by atoms with Crippen molar-refractivity contribution in [3.8, 4) is 17.4 Å². The Morgan fingerprint density at radius 1 is 1.14 bits per heavy atom. The van der Waals surface area contributed by atoms with Gasteiger partial charge in [0.1, 0.15) is 19.3 Å². The molecule has 0 spiro atoms. The van der Waals surface area contributed by atoms with Gasteiger partial charge in [0.15, 0.2) is 11.5 Å². The largest absolute Gasteiger partial charge is 0.486 e. The molecule has 1 amide bonds. The van der Waals surface area contributed by atoms with Crippen molar-refractivity contribution in [3.05, 3.63) is 48.2 Å². The summed E-state index contributed by atoms with van der Waals surface area (Å²) in [5, 5.41) is 15.3. The van der Waals surface area contributed by atoms with E-state index in [0.29, 0.717) is 73.2 Å². The summed E-state index contributed by atoms with van der Waals surface area (Å²) < 4.78 is 22.7. The number of nitrogens with zero attached hydrogens (tertiary/aromatic N) is 3. The van der Waals surface area contributed by atoms with Crippen LogP contribution in [0.15, 0.2) is 42.6 Å². The molecule has 188 valence electrons. The zero-order valence-electron chi connectivity index (χ0n) is 20.0. The van der Waals surface area contributed by atoms with Crippen LogP contribution in [0.2, 0.25) is 0 Å². The van der Waals surface area contributed by atoms with Crippen LogP contribution >= 0.6 is 0 Å². The lowest BCUT2D eigenvalue weighted by Crippen LogP contribution is -2.50. The summed E-state index contributed by atoms with van der Waals surface area (Å²) in [5.74, 6) is 1.18. The molecule has 10 nitrogen and oxygen atoms in total. The summed E-state index contributed by atoms with van der Waals surface area (Å²) in [4.78, 5) is 23.8. The van der Waals surface area contributed by atoms with Crippen LogP contribution < -0.4 is 24.4 Å². The smallest absolute Gasteiger partial charge is 0.414 e. The molecular weight excluding hydrogens is 464 g/mol. The number of methoxy groups -OCH3 is 1. The van der Waals surface area contributed by atoms with E-state index in [9.17, 15) is 9.90 Å². The van der Waals surface area contributed by atoms with Crippen LogP contribution in [-0.2, 0) is 4.74 Å². The Hall–Kier alpha value is -3.63. The minimum absolute atomic E-state index is 0.271. The second-order valence-corrected chi connectivity index (χ2v) is 9.31. The lowest BCUT2D eigenvalue weighted by molar-refractivity contribution is -0.0482. The number of carbonyl (C=O) groups is 1. The van der Waals surface area contributed by atoms with Crippen molar-refractivity contribution in [3.63, 3.8) is 0 Å². The molecule has 0 radical (unpaired) electrons. The first-order valence-corrected chi connectivity index (χ1v) is 12.2. The normalized spacial score (nSPS) is 21.8. The monoisotopic (exact) mass is 492 g/mol. The van der Waals surface area contributed by atoms with Crippen molar-refractivity contribution in [2.75, 3.05) is 44.9 Å². The quantitative estimate of drug-likeness (QED) is 0.555. The second kappa shape index (κ2) is 9.11. The van der Waals surface area contributed by atoms with Gasteiger partial charge in [-0.1, -0.05) is 0 Å². The number of nitrogens with one attached hydrogen (secondary N) is 1. The van der Waals surface area contributed by atoms with Gasteiger partial charge >= 0.3 is 6.09 Å². The van der Waals surface area contributed by atoms with Gasteiger partial charge in [0, 0.05) is 18.3 Å². The Kier molecular flexibility index (Phi) is 5.77. The van der Waals surface area contributed by atoms with Crippen LogP contribution in [0.3, 0.4) is 0 Å². The zero-order valence-corrected chi connectivity index (χ0v) is 20.0. The summed E-state index contributed by atoms with van der Waals surface area (Å²) >= 11 is 0. The molecule has 2 fully saturated rings. The van der Waals surface area contributed by atoms with Gasteiger partial charge in [-0.2, -0.15) is 0 Å². The number of amides is 1. The summed E-state index contributed by atoms with van der Waals surface area (Å²) in [7, 11) is 1.56. The fourth-order valence-electron chi connectivity index (χ4n) is 5.47. The maximum atomic E-state index is 13.1. The highest BCUT2D eigenvalue weighted by atomic mass is 16.6. The molecule has 0 aliphatic carbocycles. The minimum Gasteiger partial charge on any atom is -0.486 e. The van der Waals surface area contributed by atoms with Crippen LogP contribution in [0.5, 0.6) is 17.4 Å². The molecule has 0 saturated carbocycles. The SMILES string of the molecule is COc1ccc2nccc(C(C3CN(c4ccc5c(c4)OCCO5)C(=O)O3)C3(O)CCNCC3)c2n1. The van der Waals surface area contributed by atoms with Gasteiger partial charge in [-0.25, -0.2) is 9.78 Å². The molecule has 36 heavy (non-hydrogen) atoms. The van der Waals surface area contributed by atoms with E-state index in [-0.39, 0.29) is 6.54 Å². The van der Waals surface area contributed by atoms with Gasteiger partial charge in [-0.3, -0.25) is 9.88 Å². The first-order chi connectivity index (χ1) is 17.6. The number of carbonyl (C=O) groups excluding carboxylic acids is 1. The number of fused-ring (bicyclic) bond motifs is 2. The van der Waals surface area contributed by atoms with E-state index in [1.165, 1.54) is 0 Å². The van der Waals surface area contributed by atoms with Crippen LogP contribution in [-0.4, -0.2) is 72.8 Å². The lowest BCUT2D eigenvalue weighted by Gasteiger charge is -2.41. The van der Waals surface area contributed by atoms with Crippen molar-refractivity contribution >= 4 is 22.8 Å². The van der Waals surface area contributed by atoms with Crippen molar-refractivity contribution in [2.45, 2.75) is 30.5 Å². The number of hydrogen-bond donors (Lipinski definition) is 2. The first kappa shape index (κ1) is 22.8. The third kappa shape index (κ3) is 3.96. The molecule has 2 aromatic heterocycles. The van der Waals surface area contributed by atoms with E-state index in [1.54, 1.807) is 36.4 Å². The van der Waals surface area contributed by atoms with E-state index in [0.717, 1.165) is 5.56 Å². The molecule has 5 heterocycles. The molecule has 3 aliphatic rings. The summed E-state index contributed by atoms with van der Waals surface area (Å²) in [6, 6.07) is 10.9. The Balaban J connectivity index is 1.40. The number of piperidine rings is 1. The number of aromatic nitrogens is 2. The van der Waals surface area contributed by atoms with Crippen LogP contribution in [0.1, 0.15) is 24.3 Å². The number of aliphatic hydroxyl groups is 1. The van der Waals surface area contributed by atoms with E-state index < -0.39 is 23.7 Å². The third-order valence-electron chi connectivity index (χ3n) is 7.23. The van der Waals surface area contributed by atoms with E-state index >= 15 is 0 Å². The fraction of sp³-hybridized carbons (Fsp3) is 0.423. The number of rotatable bonds is 5. The predicted molar refractivity (Wildman–Crippen MR) is 131 cm³/mol. The van der Waals surface area contributed by atoms with Gasteiger partial charge in [0.05, 0.1) is 41.9 Å². The van der Waals surface area contributed by atoms with Gasteiger partial charge in [0.25, 0.3) is 0 Å². The standard InChI is InChI=1S/C26H28N4O6/c1-33-22-5-3-18-24(29-22)17(6-9-28-18)23(26(32)7-10-27-11-8-26)21-15-30(25(31)36-21)16-2-4-19-20(14-16)35-13-12-34-19/h2-6,9,14,21,23,27,32H,7-8,10-13,15H2,1H3. The third-order valence-corrected chi connectivity index (χ3v) is 7.23. The Bertz CT molecular complexity index is 1290. The maximum Gasteiger partial charge on any atom is 0.414 e. The molecule has 3 aliphatic heterocycles. The number of anilines is 1. The fourth-order valence-corrected chi connectivity index (χ4v) is 5.47. The van der Waals surface area contributed by atoms with Crippen molar-refractivity contribution in [2.24, 2.45) is 0 Å². The molecule has 2 atom stereocenters. The molecular formula is C26H28N4O6. The number of cyclic esters (lactones) is 1. The molecule has 3 aromatic rings. The van der Waals surface area contributed by atoms with Gasteiger partial charge in [-0.05, 0) is 55.8 Å². The highest BCUT2D eigenvalue weighted by Gasteiger charge is 2.49. The molecule has 2 saturated heterocycles. The van der Waals surface area contributed by atoms with Crippen LogP contribution in [0.4, 0.5) is 10.5 Å². The molecule has 10 heteroatoms. The average Bonchev–Trinajstić information content (AvgIpc) is 3.29. The maximum absolute atomic E-state index is 13.1. The molecule has 2 N–H and O–H groups in total. The summed E-state index contributed by atoms with van der Waals surface area (Å²) in [6.07, 6.45) is 1.67. The van der Waals surface area contributed by atoms with Gasteiger partial charge in [0.2, 0.25) is 5.88 Å². The summed E-state index contributed by atoms with van der Waals surface area (Å²) in [6.45, 7) is 2.55. The Morgan fingerprint density at radius 3 is 2.75 bits per heavy atom. The van der Waals surface area contributed by atoms with Crippen LogP contribution in [0, 0.1) is 0 Å². The molecule has 1 aromatic carbocycles. The molecule has 6 rings (SSSR count). The van der Waals surface area contributed by atoms with Gasteiger partial charge in [-0.15, -0.1) is 0 Å². The molecule has 2 unspecified atom stereocenters. The van der Waals surface area contributed by atoms with Crippen molar-refractivity contribution in [1.82, 2.24) is 15.3 Å². The first-order valence-electron chi connectivity index (χ1n) is 12.2.